The van der Waals surface area contributed by atoms with Crippen LogP contribution in [0, 0.1) is 3.57 Å². The number of benzene rings is 1. The Morgan fingerprint density at radius 3 is 2.96 bits per heavy atom. The molecule has 1 aromatic carbocycles. The number of hydrogen-bond acceptors (Lipinski definition) is 3. The molecule has 1 fully saturated rings. The molecule has 0 bridgehead atoms. The van der Waals surface area contributed by atoms with Gasteiger partial charge in [0, 0.05) is 27.7 Å². The van der Waals surface area contributed by atoms with E-state index in [1.807, 2.05) is 0 Å². The van der Waals surface area contributed by atoms with Crippen LogP contribution in [0.2, 0.25) is 10.0 Å². The molecule has 1 amide bonds. The Labute approximate surface area is 168 Å². The van der Waals surface area contributed by atoms with E-state index in [4.69, 9.17) is 37.8 Å². The predicted octanol–water partition coefficient (Wildman–Crippen LogP) is 5.25. The van der Waals surface area contributed by atoms with Crippen LogP contribution >= 0.6 is 45.8 Å². The highest BCUT2D eigenvalue weighted by Gasteiger charge is 2.20. The zero-order valence-electron chi connectivity index (χ0n) is 13.2. The molecule has 1 atom stereocenters. The zero-order chi connectivity index (χ0) is 18.0. The maximum Gasteiger partial charge on any atom is 0.409 e. The van der Waals surface area contributed by atoms with Gasteiger partial charge in [-0.05, 0) is 47.9 Å². The Bertz CT molecular complexity index is 790. The zero-order valence-corrected chi connectivity index (χ0v) is 16.9. The van der Waals surface area contributed by atoms with Crippen molar-refractivity contribution in [2.75, 3.05) is 18.5 Å². The minimum Gasteiger partial charge on any atom is -0.465 e. The van der Waals surface area contributed by atoms with Gasteiger partial charge < -0.3 is 19.6 Å². The first kappa shape index (κ1) is 19.0. The number of H-pyrrole nitrogens is 1. The molecule has 1 unspecified atom stereocenters. The molecule has 0 spiro atoms. The Hall–Kier alpha value is -0.740. The summed E-state index contributed by atoms with van der Waals surface area (Å²) in [6.07, 6.45) is 2.45. The number of fused-ring (bicyclic) bond motifs is 1. The monoisotopic (exact) mass is 498 g/mol. The van der Waals surface area contributed by atoms with E-state index >= 15 is 0 Å². The Morgan fingerprint density at radius 2 is 2.28 bits per heavy atom. The standard InChI is InChI=1S/C16H17Cl2IN2O4/c17-8-7-10(21-16(22)23)12-14(19)9(20-15(12)13(8)18)4-6-25-11-3-1-2-5-24-11/h7,11,20-21H,1-6H2,(H,22,23). The molecule has 9 heteroatoms. The first-order chi connectivity index (χ1) is 12.0. The highest BCUT2D eigenvalue weighted by atomic mass is 127. The lowest BCUT2D eigenvalue weighted by molar-refractivity contribution is -0.161. The van der Waals surface area contributed by atoms with Gasteiger partial charge in [-0.15, -0.1) is 0 Å². The minimum atomic E-state index is -1.16. The van der Waals surface area contributed by atoms with E-state index in [1.165, 1.54) is 6.07 Å². The maximum atomic E-state index is 11.0. The number of rotatable bonds is 5. The van der Waals surface area contributed by atoms with Crippen LogP contribution < -0.4 is 5.32 Å². The molecule has 1 aromatic heterocycles. The van der Waals surface area contributed by atoms with Crippen molar-refractivity contribution in [1.29, 1.82) is 0 Å². The van der Waals surface area contributed by atoms with Crippen molar-refractivity contribution in [2.45, 2.75) is 32.0 Å². The van der Waals surface area contributed by atoms with Gasteiger partial charge in [0.05, 0.1) is 27.9 Å². The topological polar surface area (TPSA) is 83.6 Å². The second-order valence-corrected chi connectivity index (χ2v) is 7.60. The van der Waals surface area contributed by atoms with Crippen molar-refractivity contribution >= 4 is 68.5 Å². The third kappa shape index (κ3) is 4.33. The molecule has 0 saturated carbocycles. The van der Waals surface area contributed by atoms with E-state index in [-0.39, 0.29) is 11.3 Å². The van der Waals surface area contributed by atoms with Crippen LogP contribution in [-0.2, 0) is 15.9 Å². The lowest BCUT2D eigenvalue weighted by atomic mass is 10.2. The number of amides is 1. The number of carbonyl (C=O) groups is 1. The molecule has 3 rings (SSSR count). The molecule has 2 heterocycles. The molecular weight excluding hydrogens is 482 g/mol. The van der Waals surface area contributed by atoms with Crippen molar-refractivity contribution in [3.05, 3.63) is 25.4 Å². The summed E-state index contributed by atoms with van der Waals surface area (Å²) in [7, 11) is 0. The average Bonchev–Trinajstić information content (AvgIpc) is 2.90. The molecule has 25 heavy (non-hydrogen) atoms. The summed E-state index contributed by atoms with van der Waals surface area (Å²) < 4.78 is 12.2. The van der Waals surface area contributed by atoms with Crippen LogP contribution in [0.5, 0.6) is 0 Å². The number of ether oxygens (including phenoxy) is 2. The summed E-state index contributed by atoms with van der Waals surface area (Å²) in [6.45, 7) is 1.24. The molecule has 2 aromatic rings. The summed E-state index contributed by atoms with van der Waals surface area (Å²) >= 11 is 14.6. The summed E-state index contributed by atoms with van der Waals surface area (Å²) in [4.78, 5) is 14.3. The summed E-state index contributed by atoms with van der Waals surface area (Å²) in [6, 6.07) is 1.52. The number of nitrogens with one attached hydrogen (secondary N) is 2. The fraction of sp³-hybridized carbons (Fsp3) is 0.438. The number of hydrogen-bond donors (Lipinski definition) is 3. The average molecular weight is 499 g/mol. The summed E-state index contributed by atoms with van der Waals surface area (Å²) in [5.74, 6) is 0. The number of carboxylic acid groups (broad SMARTS) is 1. The summed E-state index contributed by atoms with van der Waals surface area (Å²) in [5, 5.41) is 12.8. The second kappa shape index (κ2) is 8.30. The smallest absolute Gasteiger partial charge is 0.409 e. The Kier molecular flexibility index (Phi) is 6.32. The maximum absolute atomic E-state index is 11.0. The van der Waals surface area contributed by atoms with Crippen molar-refractivity contribution in [3.63, 3.8) is 0 Å². The summed E-state index contributed by atoms with van der Waals surface area (Å²) in [5.41, 5.74) is 1.94. The van der Waals surface area contributed by atoms with Crippen LogP contribution in [0.3, 0.4) is 0 Å². The van der Waals surface area contributed by atoms with Gasteiger partial charge in [-0.1, -0.05) is 23.2 Å². The number of aromatic amines is 1. The molecule has 6 nitrogen and oxygen atoms in total. The van der Waals surface area contributed by atoms with E-state index in [1.54, 1.807) is 0 Å². The van der Waals surface area contributed by atoms with Gasteiger partial charge in [0.1, 0.15) is 0 Å². The quantitative estimate of drug-likeness (QED) is 0.491. The molecular formula is C16H17Cl2IN2O4. The first-order valence-electron chi connectivity index (χ1n) is 7.88. The number of anilines is 1. The molecule has 0 radical (unpaired) electrons. The normalized spacial score (nSPS) is 17.8. The highest BCUT2D eigenvalue weighted by molar-refractivity contribution is 14.1. The fourth-order valence-corrected chi connectivity index (χ4v) is 4.21. The lowest BCUT2D eigenvalue weighted by Gasteiger charge is -2.22. The molecule has 1 saturated heterocycles. The van der Waals surface area contributed by atoms with E-state index in [2.05, 4.69) is 32.9 Å². The molecule has 0 aliphatic carbocycles. The third-order valence-corrected chi connectivity index (χ3v) is 5.99. The van der Waals surface area contributed by atoms with Gasteiger partial charge in [0.25, 0.3) is 0 Å². The van der Waals surface area contributed by atoms with Gasteiger partial charge in [0.15, 0.2) is 6.29 Å². The van der Waals surface area contributed by atoms with Crippen molar-refractivity contribution in [2.24, 2.45) is 0 Å². The van der Waals surface area contributed by atoms with Crippen LogP contribution in [-0.4, -0.2) is 35.7 Å². The van der Waals surface area contributed by atoms with Crippen LogP contribution in [0.1, 0.15) is 25.0 Å². The number of halogens is 3. The van der Waals surface area contributed by atoms with Gasteiger partial charge in [-0.25, -0.2) is 4.79 Å². The van der Waals surface area contributed by atoms with Crippen molar-refractivity contribution in [1.82, 2.24) is 4.98 Å². The minimum absolute atomic E-state index is 0.141. The van der Waals surface area contributed by atoms with E-state index in [0.717, 1.165) is 35.1 Å². The van der Waals surface area contributed by atoms with Crippen molar-refractivity contribution in [3.8, 4) is 0 Å². The van der Waals surface area contributed by atoms with E-state index in [0.29, 0.717) is 34.6 Å². The van der Waals surface area contributed by atoms with Crippen LogP contribution in [0.25, 0.3) is 10.9 Å². The molecule has 136 valence electrons. The molecule has 3 N–H and O–H groups in total. The van der Waals surface area contributed by atoms with Gasteiger partial charge in [-0.2, -0.15) is 0 Å². The predicted molar refractivity (Wildman–Crippen MR) is 106 cm³/mol. The Morgan fingerprint density at radius 1 is 1.48 bits per heavy atom. The van der Waals surface area contributed by atoms with Gasteiger partial charge in [0.2, 0.25) is 0 Å². The fourth-order valence-electron chi connectivity index (χ4n) is 2.85. The van der Waals surface area contributed by atoms with Crippen LogP contribution in [0.4, 0.5) is 10.5 Å². The number of aromatic nitrogens is 1. The largest absolute Gasteiger partial charge is 0.465 e. The van der Waals surface area contributed by atoms with E-state index in [9.17, 15) is 4.79 Å². The van der Waals surface area contributed by atoms with Crippen LogP contribution in [0.15, 0.2) is 6.07 Å². The Balaban J connectivity index is 1.82. The SMILES string of the molecule is O=C(O)Nc1cc(Cl)c(Cl)c2[nH]c(CCOC3CCCCO3)c(I)c12. The van der Waals surface area contributed by atoms with Crippen molar-refractivity contribution < 1.29 is 19.4 Å². The van der Waals surface area contributed by atoms with Gasteiger partial charge >= 0.3 is 6.09 Å². The van der Waals surface area contributed by atoms with E-state index < -0.39 is 6.09 Å². The molecule has 1 aliphatic rings. The van der Waals surface area contributed by atoms with Gasteiger partial charge in [-0.3, -0.25) is 5.32 Å². The second-order valence-electron chi connectivity index (χ2n) is 5.73. The highest BCUT2D eigenvalue weighted by Crippen LogP contribution is 2.39. The lowest BCUT2D eigenvalue weighted by Crippen LogP contribution is -2.23. The first-order valence-corrected chi connectivity index (χ1v) is 9.72. The molecule has 1 aliphatic heterocycles. The third-order valence-electron chi connectivity index (χ3n) is 4.02.